The summed E-state index contributed by atoms with van der Waals surface area (Å²) in [5.41, 5.74) is 1.58. The van der Waals surface area contributed by atoms with Gasteiger partial charge in [0.1, 0.15) is 5.69 Å². The number of carboxylic acid groups (broad SMARTS) is 1. The molecule has 0 saturated carbocycles. The smallest absolute Gasteiger partial charge is 0.335 e. The highest BCUT2D eigenvalue weighted by Crippen LogP contribution is 2.24. The molecule has 0 spiro atoms. The van der Waals surface area contributed by atoms with Crippen LogP contribution in [0.15, 0.2) is 36.5 Å². The lowest BCUT2D eigenvalue weighted by Gasteiger charge is -2.19. The molecule has 2 N–H and O–H groups in total. The molecular weight excluding hydrogens is 334 g/mol. The molecular formula is C19H19N3O4. The molecule has 3 rings (SSSR count). The van der Waals surface area contributed by atoms with Crippen LogP contribution in [0, 0.1) is 6.92 Å². The Morgan fingerprint density at radius 2 is 1.88 bits per heavy atom. The number of amides is 2. The lowest BCUT2D eigenvalue weighted by atomic mass is 10.0. The van der Waals surface area contributed by atoms with Crippen LogP contribution < -0.4 is 5.32 Å². The van der Waals surface area contributed by atoms with E-state index in [0.717, 1.165) is 18.4 Å². The lowest BCUT2D eigenvalue weighted by Crippen LogP contribution is -2.29. The number of likely N-dealkylation sites (tertiary alicyclic amines) is 1. The number of carbonyl (C=O) groups is 3. The van der Waals surface area contributed by atoms with E-state index < -0.39 is 11.9 Å². The molecule has 2 amide bonds. The highest BCUT2D eigenvalue weighted by molar-refractivity contribution is 6.09. The van der Waals surface area contributed by atoms with E-state index in [0.29, 0.717) is 24.3 Å². The van der Waals surface area contributed by atoms with Crippen molar-refractivity contribution in [1.82, 2.24) is 9.88 Å². The average molecular weight is 353 g/mol. The van der Waals surface area contributed by atoms with Gasteiger partial charge in [0.2, 0.25) is 0 Å². The summed E-state index contributed by atoms with van der Waals surface area (Å²) in [5.74, 6) is -1.81. The topological polar surface area (TPSA) is 99.6 Å². The Bertz CT molecular complexity index is 873. The number of rotatable bonds is 4. The van der Waals surface area contributed by atoms with Crippen LogP contribution >= 0.6 is 0 Å². The molecule has 0 atom stereocenters. The molecule has 1 fully saturated rings. The van der Waals surface area contributed by atoms with Gasteiger partial charge >= 0.3 is 5.97 Å². The van der Waals surface area contributed by atoms with E-state index in [1.165, 1.54) is 18.3 Å². The van der Waals surface area contributed by atoms with Gasteiger partial charge in [0.25, 0.3) is 11.8 Å². The van der Waals surface area contributed by atoms with Gasteiger partial charge < -0.3 is 15.3 Å². The highest BCUT2D eigenvalue weighted by Gasteiger charge is 2.24. The number of aromatic nitrogens is 1. The van der Waals surface area contributed by atoms with Gasteiger partial charge in [0, 0.05) is 19.3 Å². The maximum atomic E-state index is 12.8. The number of carboxylic acids is 1. The number of hydrogen-bond donors (Lipinski definition) is 2. The Morgan fingerprint density at radius 3 is 2.58 bits per heavy atom. The van der Waals surface area contributed by atoms with E-state index >= 15 is 0 Å². The van der Waals surface area contributed by atoms with Crippen LogP contribution in [-0.2, 0) is 0 Å². The zero-order chi connectivity index (χ0) is 18.7. The summed E-state index contributed by atoms with van der Waals surface area (Å²) in [4.78, 5) is 42.1. The molecule has 0 unspecified atom stereocenters. The fourth-order valence-corrected chi connectivity index (χ4v) is 3.01. The Hall–Kier alpha value is -3.22. The molecule has 1 aromatic carbocycles. The second-order valence-electron chi connectivity index (χ2n) is 6.19. The Morgan fingerprint density at radius 1 is 1.15 bits per heavy atom. The second kappa shape index (κ2) is 7.35. The molecule has 26 heavy (non-hydrogen) atoms. The van der Waals surface area contributed by atoms with Crippen LogP contribution in [0.1, 0.15) is 49.6 Å². The van der Waals surface area contributed by atoms with Crippen molar-refractivity contribution in [3.8, 4) is 0 Å². The van der Waals surface area contributed by atoms with E-state index in [2.05, 4.69) is 10.3 Å². The molecule has 2 aromatic rings. The van der Waals surface area contributed by atoms with Gasteiger partial charge in [0.15, 0.2) is 0 Å². The van der Waals surface area contributed by atoms with Crippen LogP contribution in [0.3, 0.4) is 0 Å². The average Bonchev–Trinajstić information content (AvgIpc) is 3.16. The number of aryl methyl sites for hydroxylation is 1. The Balaban J connectivity index is 1.89. The molecule has 0 aliphatic carbocycles. The minimum Gasteiger partial charge on any atom is -0.478 e. The van der Waals surface area contributed by atoms with Gasteiger partial charge in [-0.3, -0.25) is 14.6 Å². The molecule has 0 radical (unpaired) electrons. The van der Waals surface area contributed by atoms with Crippen molar-refractivity contribution < 1.29 is 19.5 Å². The SMILES string of the molecule is Cc1cccc(NC(=O)c2cc(C(=O)O)ccn2)c1C(=O)N1CCCC1. The summed E-state index contributed by atoms with van der Waals surface area (Å²) in [7, 11) is 0. The molecule has 1 aliphatic heterocycles. The zero-order valence-electron chi connectivity index (χ0n) is 14.4. The summed E-state index contributed by atoms with van der Waals surface area (Å²) in [6.45, 7) is 3.24. The van der Waals surface area contributed by atoms with Crippen molar-refractivity contribution in [2.24, 2.45) is 0 Å². The number of benzene rings is 1. The number of hydrogen-bond acceptors (Lipinski definition) is 4. The third-order valence-electron chi connectivity index (χ3n) is 4.37. The maximum Gasteiger partial charge on any atom is 0.335 e. The minimum atomic E-state index is -1.14. The molecule has 1 saturated heterocycles. The minimum absolute atomic E-state index is 0.0222. The van der Waals surface area contributed by atoms with Crippen LogP contribution in [0.4, 0.5) is 5.69 Å². The number of nitrogens with zero attached hydrogens (tertiary/aromatic N) is 2. The molecule has 134 valence electrons. The largest absolute Gasteiger partial charge is 0.478 e. The first-order valence-electron chi connectivity index (χ1n) is 8.37. The number of anilines is 1. The number of aromatic carboxylic acids is 1. The molecule has 7 heteroatoms. The van der Waals surface area contributed by atoms with Gasteiger partial charge in [-0.15, -0.1) is 0 Å². The van der Waals surface area contributed by atoms with E-state index in [1.807, 2.05) is 13.0 Å². The fraction of sp³-hybridized carbons (Fsp3) is 0.263. The predicted octanol–water partition coefficient (Wildman–Crippen LogP) is 2.58. The number of nitrogens with one attached hydrogen (secondary N) is 1. The summed E-state index contributed by atoms with van der Waals surface area (Å²) >= 11 is 0. The van der Waals surface area contributed by atoms with Crippen LogP contribution in [0.25, 0.3) is 0 Å². The number of carbonyl (C=O) groups excluding carboxylic acids is 2. The lowest BCUT2D eigenvalue weighted by molar-refractivity contribution is 0.0696. The zero-order valence-corrected chi connectivity index (χ0v) is 14.4. The summed E-state index contributed by atoms with van der Waals surface area (Å²) < 4.78 is 0. The van der Waals surface area contributed by atoms with Crippen LogP contribution in [-0.4, -0.2) is 45.9 Å². The van der Waals surface area contributed by atoms with Gasteiger partial charge in [-0.25, -0.2) is 4.79 Å². The Kier molecular flexibility index (Phi) is 4.97. The maximum absolute atomic E-state index is 12.8. The quantitative estimate of drug-likeness (QED) is 0.880. The Labute approximate surface area is 150 Å². The van der Waals surface area contributed by atoms with Crippen molar-refractivity contribution >= 4 is 23.5 Å². The van der Waals surface area contributed by atoms with Gasteiger partial charge in [0.05, 0.1) is 16.8 Å². The van der Waals surface area contributed by atoms with E-state index in [4.69, 9.17) is 5.11 Å². The van der Waals surface area contributed by atoms with Crippen LogP contribution in [0.2, 0.25) is 0 Å². The van der Waals surface area contributed by atoms with Crippen molar-refractivity contribution in [1.29, 1.82) is 0 Å². The van der Waals surface area contributed by atoms with Crippen molar-refractivity contribution in [2.45, 2.75) is 19.8 Å². The predicted molar refractivity (Wildman–Crippen MR) is 95.5 cm³/mol. The fourth-order valence-electron chi connectivity index (χ4n) is 3.01. The van der Waals surface area contributed by atoms with E-state index in [9.17, 15) is 14.4 Å². The van der Waals surface area contributed by atoms with Crippen molar-refractivity contribution in [2.75, 3.05) is 18.4 Å². The molecule has 2 heterocycles. The normalized spacial score (nSPS) is 13.5. The molecule has 7 nitrogen and oxygen atoms in total. The van der Waals surface area contributed by atoms with Gasteiger partial charge in [-0.05, 0) is 43.5 Å². The van der Waals surface area contributed by atoms with Crippen LogP contribution in [0.5, 0.6) is 0 Å². The first-order chi connectivity index (χ1) is 12.5. The molecule has 1 aromatic heterocycles. The third kappa shape index (κ3) is 3.56. The first-order valence-corrected chi connectivity index (χ1v) is 8.37. The van der Waals surface area contributed by atoms with Crippen molar-refractivity contribution in [3.05, 3.63) is 58.9 Å². The second-order valence-corrected chi connectivity index (χ2v) is 6.19. The molecule has 0 bridgehead atoms. The first kappa shape index (κ1) is 17.6. The van der Waals surface area contributed by atoms with E-state index in [-0.39, 0.29) is 17.2 Å². The van der Waals surface area contributed by atoms with Gasteiger partial charge in [-0.1, -0.05) is 12.1 Å². The monoisotopic (exact) mass is 353 g/mol. The van der Waals surface area contributed by atoms with Crippen molar-refractivity contribution in [3.63, 3.8) is 0 Å². The summed E-state index contributed by atoms with van der Waals surface area (Å²) in [6, 6.07) is 7.76. The third-order valence-corrected chi connectivity index (χ3v) is 4.37. The summed E-state index contributed by atoms with van der Waals surface area (Å²) in [6.07, 6.45) is 3.22. The standard InChI is InChI=1S/C19H19N3O4/c1-12-5-4-6-14(16(12)18(24)22-9-2-3-10-22)21-17(23)15-11-13(19(25)26)7-8-20-15/h4-8,11H,2-3,9-10H2,1H3,(H,21,23)(H,25,26). The number of pyridine rings is 1. The molecule has 1 aliphatic rings. The summed E-state index contributed by atoms with van der Waals surface area (Å²) in [5, 5.41) is 11.7. The van der Waals surface area contributed by atoms with E-state index in [1.54, 1.807) is 17.0 Å². The van der Waals surface area contributed by atoms with Gasteiger partial charge in [-0.2, -0.15) is 0 Å². The highest BCUT2D eigenvalue weighted by atomic mass is 16.4.